The van der Waals surface area contributed by atoms with Gasteiger partial charge < -0.3 is 5.32 Å². The van der Waals surface area contributed by atoms with Crippen LogP contribution in [-0.4, -0.2) is 16.7 Å². The Morgan fingerprint density at radius 2 is 1.92 bits per heavy atom. The van der Waals surface area contributed by atoms with Crippen molar-refractivity contribution in [3.8, 4) is 10.6 Å². The van der Waals surface area contributed by atoms with Gasteiger partial charge in [0.25, 0.3) is 0 Å². The quantitative estimate of drug-likeness (QED) is 0.689. The molecule has 0 saturated carbocycles. The maximum absolute atomic E-state index is 12.2. The maximum atomic E-state index is 12.2. The summed E-state index contributed by atoms with van der Waals surface area (Å²) >= 11 is 1.53. The number of nitrogens with one attached hydrogen (secondary N) is 1. The second kappa shape index (κ2) is 7.40. The predicted molar refractivity (Wildman–Crippen MR) is 101 cm³/mol. The fourth-order valence-corrected chi connectivity index (χ4v) is 3.30. The van der Waals surface area contributed by atoms with E-state index in [2.05, 4.69) is 16.4 Å². The highest BCUT2D eigenvalue weighted by Crippen LogP contribution is 2.24. The number of aromatic nitrogens is 1. The molecule has 0 saturated heterocycles. The molecule has 126 valence electrons. The van der Waals surface area contributed by atoms with Crippen LogP contribution in [0.4, 0.5) is 5.69 Å². The molecule has 0 aliphatic carbocycles. The molecule has 1 aromatic heterocycles. The molecule has 1 N–H and O–H groups in total. The van der Waals surface area contributed by atoms with Gasteiger partial charge in [0.1, 0.15) is 5.01 Å². The van der Waals surface area contributed by atoms with E-state index in [4.69, 9.17) is 0 Å². The lowest BCUT2D eigenvalue weighted by atomic mass is 10.1. The Morgan fingerprint density at radius 3 is 2.68 bits per heavy atom. The third-order valence-corrected chi connectivity index (χ3v) is 4.65. The van der Waals surface area contributed by atoms with Gasteiger partial charge in [0.15, 0.2) is 5.78 Å². The van der Waals surface area contributed by atoms with Crippen LogP contribution in [0.1, 0.15) is 28.5 Å². The summed E-state index contributed by atoms with van der Waals surface area (Å²) in [5, 5.41) is 5.63. The van der Waals surface area contributed by atoms with Crippen molar-refractivity contribution in [1.82, 2.24) is 4.98 Å². The average Bonchev–Trinajstić information content (AvgIpc) is 3.03. The van der Waals surface area contributed by atoms with E-state index in [9.17, 15) is 9.59 Å². The lowest BCUT2D eigenvalue weighted by Crippen LogP contribution is -2.14. The van der Waals surface area contributed by atoms with Crippen LogP contribution in [0.5, 0.6) is 0 Å². The number of carbonyl (C=O) groups excluding carboxylic acids is 2. The summed E-state index contributed by atoms with van der Waals surface area (Å²) in [4.78, 5) is 28.2. The normalized spacial score (nSPS) is 10.5. The molecule has 25 heavy (non-hydrogen) atoms. The van der Waals surface area contributed by atoms with Gasteiger partial charge in [-0.25, -0.2) is 4.98 Å². The molecule has 0 radical (unpaired) electrons. The zero-order valence-electron chi connectivity index (χ0n) is 14.1. The molecule has 0 aliphatic heterocycles. The highest BCUT2D eigenvalue weighted by molar-refractivity contribution is 7.13. The minimum absolute atomic E-state index is 0.0293. The van der Waals surface area contributed by atoms with Gasteiger partial charge in [-0.2, -0.15) is 0 Å². The van der Waals surface area contributed by atoms with E-state index in [1.807, 2.05) is 30.5 Å². The van der Waals surface area contributed by atoms with E-state index in [1.165, 1.54) is 23.8 Å². The largest absolute Gasteiger partial charge is 0.326 e. The molecule has 3 aromatic rings. The number of amides is 1. The van der Waals surface area contributed by atoms with Crippen LogP contribution in [-0.2, 0) is 11.2 Å². The first-order valence-electron chi connectivity index (χ1n) is 7.93. The van der Waals surface area contributed by atoms with Crippen LogP contribution >= 0.6 is 11.3 Å². The first-order chi connectivity index (χ1) is 12.0. The number of hydrogen-bond donors (Lipinski definition) is 1. The second-order valence-electron chi connectivity index (χ2n) is 5.88. The smallest absolute Gasteiger partial charge is 0.230 e. The number of hydrogen-bond acceptors (Lipinski definition) is 4. The molecule has 0 spiro atoms. The lowest BCUT2D eigenvalue weighted by Gasteiger charge is -2.05. The van der Waals surface area contributed by atoms with Gasteiger partial charge >= 0.3 is 0 Å². The summed E-state index contributed by atoms with van der Waals surface area (Å²) in [5.41, 5.74) is 4.17. The maximum Gasteiger partial charge on any atom is 0.230 e. The zero-order chi connectivity index (χ0) is 17.8. The monoisotopic (exact) mass is 350 g/mol. The standard InChI is InChI=1S/C20H18N2O2S/c1-13-5-3-7-16(9-13)20-22-18(12-25-20)11-19(24)21-17-8-4-6-15(10-17)14(2)23/h3-10,12H,11H2,1-2H3,(H,21,24). The van der Waals surface area contributed by atoms with Crippen LogP contribution in [0.15, 0.2) is 53.9 Å². The molecule has 3 rings (SSSR count). The van der Waals surface area contributed by atoms with E-state index in [0.29, 0.717) is 11.3 Å². The van der Waals surface area contributed by atoms with Gasteiger partial charge in [0, 0.05) is 22.2 Å². The Kier molecular flexibility index (Phi) is 5.05. The van der Waals surface area contributed by atoms with Gasteiger partial charge in [0.05, 0.1) is 12.1 Å². The molecule has 0 atom stereocenters. The number of carbonyl (C=O) groups is 2. The van der Waals surface area contributed by atoms with Crippen LogP contribution in [0, 0.1) is 6.92 Å². The topological polar surface area (TPSA) is 59.1 Å². The fourth-order valence-electron chi connectivity index (χ4n) is 2.48. The minimum atomic E-state index is -0.151. The molecule has 1 heterocycles. The number of thiazole rings is 1. The summed E-state index contributed by atoms with van der Waals surface area (Å²) in [6.45, 7) is 3.55. The van der Waals surface area contributed by atoms with Crippen molar-refractivity contribution in [1.29, 1.82) is 0 Å². The van der Waals surface area contributed by atoms with Gasteiger partial charge in [0.2, 0.25) is 5.91 Å². The molecule has 4 nitrogen and oxygen atoms in total. The SMILES string of the molecule is CC(=O)c1cccc(NC(=O)Cc2csc(-c3cccc(C)c3)n2)c1. The van der Waals surface area contributed by atoms with E-state index in [-0.39, 0.29) is 18.1 Å². The number of ketones is 1. The van der Waals surface area contributed by atoms with Gasteiger partial charge in [-0.1, -0.05) is 35.9 Å². The number of aryl methyl sites for hydroxylation is 1. The van der Waals surface area contributed by atoms with E-state index in [0.717, 1.165) is 16.3 Å². The molecule has 0 fully saturated rings. The van der Waals surface area contributed by atoms with Crippen molar-refractivity contribution in [2.24, 2.45) is 0 Å². The molecule has 0 bridgehead atoms. The lowest BCUT2D eigenvalue weighted by molar-refractivity contribution is -0.115. The number of benzene rings is 2. The summed E-state index contributed by atoms with van der Waals surface area (Å²) in [7, 11) is 0. The van der Waals surface area contributed by atoms with Crippen molar-refractivity contribution in [2.75, 3.05) is 5.32 Å². The average molecular weight is 350 g/mol. The molecule has 0 unspecified atom stereocenters. The molecule has 0 aliphatic rings. The molecule has 5 heteroatoms. The van der Waals surface area contributed by atoms with E-state index >= 15 is 0 Å². The third kappa shape index (κ3) is 4.39. The van der Waals surface area contributed by atoms with Crippen LogP contribution < -0.4 is 5.32 Å². The van der Waals surface area contributed by atoms with Crippen LogP contribution in [0.3, 0.4) is 0 Å². The number of Topliss-reactive ketones (excluding diaryl/α,β-unsaturated/α-hetero) is 1. The summed E-state index contributed by atoms with van der Waals surface area (Å²) in [6, 6.07) is 15.1. The van der Waals surface area contributed by atoms with Crippen molar-refractivity contribution in [3.05, 3.63) is 70.7 Å². The van der Waals surface area contributed by atoms with Crippen LogP contribution in [0.25, 0.3) is 10.6 Å². The van der Waals surface area contributed by atoms with Crippen molar-refractivity contribution >= 4 is 28.7 Å². The molecule has 2 aromatic carbocycles. The Labute approximate surface area is 150 Å². The highest BCUT2D eigenvalue weighted by Gasteiger charge is 2.10. The zero-order valence-corrected chi connectivity index (χ0v) is 14.9. The first-order valence-corrected chi connectivity index (χ1v) is 8.81. The van der Waals surface area contributed by atoms with E-state index in [1.54, 1.807) is 24.3 Å². The third-order valence-electron chi connectivity index (χ3n) is 3.71. The Balaban J connectivity index is 1.68. The van der Waals surface area contributed by atoms with Gasteiger partial charge in [-0.05, 0) is 32.0 Å². The number of anilines is 1. The second-order valence-corrected chi connectivity index (χ2v) is 6.73. The highest BCUT2D eigenvalue weighted by atomic mass is 32.1. The molecular weight excluding hydrogens is 332 g/mol. The Bertz CT molecular complexity index is 931. The fraction of sp³-hybridized carbons (Fsp3) is 0.150. The van der Waals surface area contributed by atoms with Crippen molar-refractivity contribution in [3.63, 3.8) is 0 Å². The van der Waals surface area contributed by atoms with E-state index < -0.39 is 0 Å². The predicted octanol–water partition coefficient (Wildman–Crippen LogP) is 4.50. The molecule has 1 amide bonds. The Morgan fingerprint density at radius 1 is 1.12 bits per heavy atom. The number of nitrogens with zero attached hydrogens (tertiary/aromatic N) is 1. The van der Waals surface area contributed by atoms with Crippen molar-refractivity contribution < 1.29 is 9.59 Å². The Hall–Kier alpha value is -2.79. The van der Waals surface area contributed by atoms with Crippen molar-refractivity contribution in [2.45, 2.75) is 20.3 Å². The summed E-state index contributed by atoms with van der Waals surface area (Å²) in [6.07, 6.45) is 0.201. The minimum Gasteiger partial charge on any atom is -0.326 e. The molecular formula is C20H18N2O2S. The summed E-state index contributed by atoms with van der Waals surface area (Å²) in [5.74, 6) is -0.180. The summed E-state index contributed by atoms with van der Waals surface area (Å²) < 4.78 is 0. The van der Waals surface area contributed by atoms with Gasteiger partial charge in [-0.15, -0.1) is 11.3 Å². The first kappa shape index (κ1) is 17.0. The number of rotatable bonds is 5. The van der Waals surface area contributed by atoms with Crippen LogP contribution in [0.2, 0.25) is 0 Å². The van der Waals surface area contributed by atoms with Gasteiger partial charge in [-0.3, -0.25) is 9.59 Å².